The molecule has 2 aromatic heterocycles. The van der Waals surface area contributed by atoms with Crippen LogP contribution >= 0.6 is 0 Å². The summed E-state index contributed by atoms with van der Waals surface area (Å²) in [5, 5.41) is 0. The third-order valence-corrected chi connectivity index (χ3v) is 2.75. The SMILES string of the molecule is CCC(Oc1ccc(-c2cn[c]cn2)cn1)C(C)(F)F. The van der Waals surface area contributed by atoms with Crippen LogP contribution in [0.15, 0.2) is 30.7 Å². The first-order valence-electron chi connectivity index (χ1n) is 6.19. The third kappa shape index (κ3) is 3.46. The van der Waals surface area contributed by atoms with E-state index < -0.39 is 12.0 Å². The largest absolute Gasteiger partial charge is 0.468 e. The number of halogens is 2. The molecule has 0 N–H and O–H groups in total. The van der Waals surface area contributed by atoms with E-state index in [1.807, 2.05) is 0 Å². The number of pyridine rings is 1. The van der Waals surface area contributed by atoms with Gasteiger partial charge in [-0.05, 0) is 12.5 Å². The van der Waals surface area contributed by atoms with E-state index in [4.69, 9.17) is 4.74 Å². The fourth-order valence-corrected chi connectivity index (χ4v) is 1.71. The lowest BCUT2D eigenvalue weighted by molar-refractivity contribution is -0.0828. The summed E-state index contributed by atoms with van der Waals surface area (Å²) in [5.41, 5.74) is 1.37. The zero-order chi connectivity index (χ0) is 14.6. The van der Waals surface area contributed by atoms with Crippen LogP contribution in [0.2, 0.25) is 0 Å². The summed E-state index contributed by atoms with van der Waals surface area (Å²) in [6.07, 6.45) is 6.10. The highest BCUT2D eigenvalue weighted by atomic mass is 19.3. The molecule has 0 aliphatic heterocycles. The van der Waals surface area contributed by atoms with Gasteiger partial charge in [-0.1, -0.05) is 6.92 Å². The molecule has 105 valence electrons. The van der Waals surface area contributed by atoms with E-state index >= 15 is 0 Å². The Morgan fingerprint density at radius 2 is 2.10 bits per heavy atom. The molecule has 20 heavy (non-hydrogen) atoms. The quantitative estimate of drug-likeness (QED) is 0.843. The maximum atomic E-state index is 13.2. The second-order valence-electron chi connectivity index (χ2n) is 4.39. The molecule has 1 unspecified atom stereocenters. The van der Waals surface area contributed by atoms with Crippen LogP contribution in [0.25, 0.3) is 11.3 Å². The van der Waals surface area contributed by atoms with Gasteiger partial charge >= 0.3 is 0 Å². The summed E-state index contributed by atoms with van der Waals surface area (Å²) in [7, 11) is 0. The van der Waals surface area contributed by atoms with Gasteiger partial charge in [-0.25, -0.2) is 13.8 Å². The van der Waals surface area contributed by atoms with E-state index in [9.17, 15) is 8.78 Å². The summed E-state index contributed by atoms with van der Waals surface area (Å²) < 4.78 is 31.7. The van der Waals surface area contributed by atoms with Gasteiger partial charge in [0, 0.05) is 24.8 Å². The van der Waals surface area contributed by atoms with Gasteiger partial charge in [0.05, 0.1) is 18.1 Å². The van der Waals surface area contributed by atoms with Crippen molar-refractivity contribution in [1.29, 1.82) is 0 Å². The van der Waals surface area contributed by atoms with E-state index in [-0.39, 0.29) is 12.3 Å². The lowest BCUT2D eigenvalue weighted by Crippen LogP contribution is -2.35. The summed E-state index contributed by atoms with van der Waals surface area (Å²) >= 11 is 0. The van der Waals surface area contributed by atoms with Crippen molar-refractivity contribution < 1.29 is 13.5 Å². The maximum Gasteiger partial charge on any atom is 0.281 e. The van der Waals surface area contributed by atoms with Crippen LogP contribution in [0, 0.1) is 6.20 Å². The molecular weight excluding hydrogens is 264 g/mol. The lowest BCUT2D eigenvalue weighted by Gasteiger charge is -2.22. The predicted molar refractivity (Wildman–Crippen MR) is 69.4 cm³/mol. The van der Waals surface area contributed by atoms with E-state index in [1.165, 1.54) is 12.4 Å². The molecule has 0 aliphatic rings. The van der Waals surface area contributed by atoms with Crippen molar-refractivity contribution in [1.82, 2.24) is 15.0 Å². The van der Waals surface area contributed by atoms with E-state index in [1.54, 1.807) is 25.3 Å². The van der Waals surface area contributed by atoms with Gasteiger partial charge in [-0.2, -0.15) is 0 Å². The van der Waals surface area contributed by atoms with Crippen molar-refractivity contribution in [2.24, 2.45) is 0 Å². The molecule has 1 atom stereocenters. The number of hydrogen-bond donors (Lipinski definition) is 0. The minimum atomic E-state index is -2.91. The Morgan fingerprint density at radius 3 is 2.60 bits per heavy atom. The molecule has 0 bridgehead atoms. The molecule has 1 radical (unpaired) electrons. The Balaban J connectivity index is 2.13. The average Bonchev–Trinajstić information content (AvgIpc) is 2.45. The molecule has 2 aromatic rings. The van der Waals surface area contributed by atoms with Crippen LogP contribution < -0.4 is 4.74 Å². The summed E-state index contributed by atoms with van der Waals surface area (Å²) in [6.45, 7) is 2.48. The summed E-state index contributed by atoms with van der Waals surface area (Å²) in [4.78, 5) is 11.9. The molecular formula is C14H14F2N3O. The van der Waals surface area contributed by atoms with Crippen LogP contribution in [-0.4, -0.2) is 27.0 Å². The Hall–Kier alpha value is -2.11. The highest BCUT2D eigenvalue weighted by Gasteiger charge is 2.34. The Labute approximate surface area is 115 Å². The van der Waals surface area contributed by atoms with Crippen molar-refractivity contribution in [3.8, 4) is 17.1 Å². The minimum absolute atomic E-state index is 0.164. The molecule has 4 nitrogen and oxygen atoms in total. The fraction of sp³-hybridized carbons (Fsp3) is 0.357. The molecule has 0 amide bonds. The Kier molecular flexibility index (Phi) is 4.22. The molecule has 0 saturated carbocycles. The lowest BCUT2D eigenvalue weighted by atomic mass is 10.1. The van der Waals surface area contributed by atoms with Gasteiger partial charge < -0.3 is 4.74 Å². The Morgan fingerprint density at radius 1 is 1.30 bits per heavy atom. The number of aromatic nitrogens is 3. The predicted octanol–water partition coefficient (Wildman–Crippen LogP) is 3.15. The zero-order valence-electron chi connectivity index (χ0n) is 11.2. The molecule has 2 heterocycles. The van der Waals surface area contributed by atoms with Gasteiger partial charge in [0.25, 0.3) is 5.92 Å². The van der Waals surface area contributed by atoms with Crippen molar-refractivity contribution in [2.75, 3.05) is 0 Å². The van der Waals surface area contributed by atoms with Crippen LogP contribution in [0.5, 0.6) is 5.88 Å². The van der Waals surface area contributed by atoms with Gasteiger partial charge in [-0.15, -0.1) is 0 Å². The summed E-state index contributed by atoms with van der Waals surface area (Å²) in [5.74, 6) is -2.74. The smallest absolute Gasteiger partial charge is 0.281 e. The third-order valence-electron chi connectivity index (χ3n) is 2.75. The van der Waals surface area contributed by atoms with Gasteiger partial charge in [0.15, 0.2) is 6.10 Å². The molecule has 0 fully saturated rings. The molecule has 0 spiro atoms. The van der Waals surface area contributed by atoms with Gasteiger partial charge in [0.1, 0.15) is 6.20 Å². The highest BCUT2D eigenvalue weighted by molar-refractivity contribution is 5.56. The second-order valence-corrected chi connectivity index (χ2v) is 4.39. The first kappa shape index (κ1) is 14.3. The van der Waals surface area contributed by atoms with Gasteiger partial charge in [0.2, 0.25) is 5.88 Å². The number of rotatable bonds is 5. The van der Waals surface area contributed by atoms with E-state index in [2.05, 4.69) is 21.1 Å². The molecule has 2 rings (SSSR count). The monoisotopic (exact) mass is 278 g/mol. The van der Waals surface area contributed by atoms with Crippen molar-refractivity contribution in [3.05, 3.63) is 36.9 Å². The second kappa shape index (κ2) is 5.90. The zero-order valence-corrected chi connectivity index (χ0v) is 11.2. The van der Waals surface area contributed by atoms with Crippen LogP contribution in [0.4, 0.5) is 8.78 Å². The first-order valence-corrected chi connectivity index (χ1v) is 6.19. The number of ether oxygens (including phenoxy) is 1. The number of alkyl halides is 2. The first-order chi connectivity index (χ1) is 9.50. The number of hydrogen-bond acceptors (Lipinski definition) is 4. The topological polar surface area (TPSA) is 47.9 Å². The molecule has 0 saturated heterocycles. The molecule has 6 heteroatoms. The molecule has 0 aliphatic carbocycles. The van der Waals surface area contributed by atoms with Crippen molar-refractivity contribution in [2.45, 2.75) is 32.3 Å². The fourth-order valence-electron chi connectivity index (χ4n) is 1.71. The van der Waals surface area contributed by atoms with Crippen molar-refractivity contribution >= 4 is 0 Å². The van der Waals surface area contributed by atoms with E-state index in [0.29, 0.717) is 5.69 Å². The van der Waals surface area contributed by atoms with Crippen LogP contribution in [-0.2, 0) is 0 Å². The average molecular weight is 278 g/mol. The van der Waals surface area contributed by atoms with Crippen LogP contribution in [0.3, 0.4) is 0 Å². The highest BCUT2D eigenvalue weighted by Crippen LogP contribution is 2.25. The van der Waals surface area contributed by atoms with Crippen molar-refractivity contribution in [3.63, 3.8) is 0 Å². The van der Waals surface area contributed by atoms with Crippen LogP contribution in [0.1, 0.15) is 20.3 Å². The van der Waals surface area contributed by atoms with Gasteiger partial charge in [-0.3, -0.25) is 9.97 Å². The van der Waals surface area contributed by atoms with E-state index in [0.717, 1.165) is 12.5 Å². The minimum Gasteiger partial charge on any atom is -0.468 e. The maximum absolute atomic E-state index is 13.2. The molecule has 0 aromatic carbocycles. The number of nitrogens with zero attached hydrogens (tertiary/aromatic N) is 3. The summed E-state index contributed by atoms with van der Waals surface area (Å²) in [6, 6.07) is 3.25. The standard InChI is InChI=1S/C14H14F2N3O/c1-3-12(14(2,15)16)20-13-5-4-10(8-19-13)11-9-17-6-7-18-11/h4-5,7-9,12H,3H2,1-2H3. The Bertz CT molecular complexity index is 541. The normalized spacial score (nSPS) is 13.0.